The zero-order chi connectivity index (χ0) is 19.0. The Morgan fingerprint density at radius 2 is 1.15 bits per heavy atom. The Kier molecular flexibility index (Phi) is 4.42. The predicted octanol–water partition coefficient (Wildman–Crippen LogP) is 5.02. The van der Waals surface area contributed by atoms with Gasteiger partial charge in [-0.25, -0.2) is 18.4 Å². The van der Waals surface area contributed by atoms with Crippen molar-refractivity contribution in [2.45, 2.75) is 4.90 Å². The van der Waals surface area contributed by atoms with E-state index >= 15 is 0 Å². The summed E-state index contributed by atoms with van der Waals surface area (Å²) in [5, 5.41) is 0.645. The van der Waals surface area contributed by atoms with Crippen molar-refractivity contribution in [2.24, 2.45) is 0 Å². The van der Waals surface area contributed by atoms with Crippen LogP contribution in [0.1, 0.15) is 0 Å². The van der Waals surface area contributed by atoms with E-state index in [4.69, 9.17) is 21.6 Å². The van der Waals surface area contributed by atoms with Gasteiger partial charge in [0, 0.05) is 22.4 Å². The third-order valence-electron chi connectivity index (χ3n) is 4.24. The van der Waals surface area contributed by atoms with Crippen molar-refractivity contribution in [3.8, 4) is 22.5 Å². The fourth-order valence-electron chi connectivity index (χ4n) is 2.87. The lowest BCUT2D eigenvalue weighted by atomic mass is 10.0. The molecule has 0 saturated heterocycles. The van der Waals surface area contributed by atoms with Crippen molar-refractivity contribution < 1.29 is 8.42 Å². The molecular weight excluding hydrogens is 380 g/mol. The largest absolute Gasteiger partial charge is 0.244 e. The first-order valence-electron chi connectivity index (χ1n) is 8.25. The highest BCUT2D eigenvalue weighted by molar-refractivity contribution is 7.90. The average Bonchev–Trinajstić information content (AvgIpc) is 2.67. The van der Waals surface area contributed by atoms with Crippen molar-refractivity contribution in [1.29, 1.82) is 0 Å². The molecule has 0 N–H and O–H groups in total. The molecule has 0 radical (unpaired) electrons. The summed E-state index contributed by atoms with van der Waals surface area (Å²) in [5.41, 5.74) is 4.66. The van der Waals surface area contributed by atoms with Gasteiger partial charge in [-0.3, -0.25) is 0 Å². The maximum absolute atomic E-state index is 11.7. The molecule has 0 fully saturated rings. The van der Waals surface area contributed by atoms with Crippen LogP contribution in [0.2, 0.25) is 5.02 Å². The monoisotopic (exact) mass is 394 g/mol. The molecule has 4 aromatic rings. The van der Waals surface area contributed by atoms with Crippen LogP contribution in [0.3, 0.4) is 0 Å². The van der Waals surface area contributed by atoms with E-state index in [9.17, 15) is 8.42 Å². The molecule has 4 rings (SSSR count). The molecule has 27 heavy (non-hydrogen) atoms. The van der Waals surface area contributed by atoms with E-state index in [-0.39, 0.29) is 4.90 Å². The lowest BCUT2D eigenvalue weighted by molar-refractivity contribution is 0.602. The van der Waals surface area contributed by atoms with E-state index in [1.165, 1.54) is 6.26 Å². The fourth-order valence-corrected chi connectivity index (χ4v) is 3.63. The summed E-state index contributed by atoms with van der Waals surface area (Å²) >= 11 is 6.02. The van der Waals surface area contributed by atoms with Crippen LogP contribution in [0.15, 0.2) is 77.7 Å². The second-order valence-electron chi connectivity index (χ2n) is 6.21. The van der Waals surface area contributed by atoms with Gasteiger partial charge in [0.25, 0.3) is 0 Å². The minimum atomic E-state index is -3.25. The highest BCUT2D eigenvalue weighted by Gasteiger charge is 2.14. The van der Waals surface area contributed by atoms with Gasteiger partial charge < -0.3 is 0 Å². The van der Waals surface area contributed by atoms with Crippen LogP contribution in [0, 0.1) is 0 Å². The molecule has 0 saturated carbocycles. The first-order chi connectivity index (χ1) is 12.9. The van der Waals surface area contributed by atoms with E-state index in [0.717, 1.165) is 27.9 Å². The number of para-hydroxylation sites is 2. The summed E-state index contributed by atoms with van der Waals surface area (Å²) in [4.78, 5) is 9.86. The molecule has 134 valence electrons. The standard InChI is InChI=1S/C21H15ClN2O2S/c1-27(25,26)17-12-8-15(9-13-17)21-20(14-6-10-16(22)11-7-14)23-18-4-2-3-5-19(18)24-21/h2-13H,1H3. The lowest BCUT2D eigenvalue weighted by Crippen LogP contribution is -1.98. The van der Waals surface area contributed by atoms with Gasteiger partial charge in [0.2, 0.25) is 0 Å². The number of rotatable bonds is 3. The number of halogens is 1. The molecule has 0 unspecified atom stereocenters. The quantitative estimate of drug-likeness (QED) is 0.489. The number of hydrogen-bond donors (Lipinski definition) is 0. The minimum Gasteiger partial charge on any atom is -0.244 e. The van der Waals surface area contributed by atoms with Gasteiger partial charge in [-0.2, -0.15) is 0 Å². The van der Waals surface area contributed by atoms with Crippen LogP contribution in [0.25, 0.3) is 33.5 Å². The van der Waals surface area contributed by atoms with Gasteiger partial charge in [0.15, 0.2) is 9.84 Å². The van der Waals surface area contributed by atoms with Crippen LogP contribution in [-0.2, 0) is 9.84 Å². The average molecular weight is 395 g/mol. The van der Waals surface area contributed by atoms with Gasteiger partial charge >= 0.3 is 0 Å². The van der Waals surface area contributed by atoms with Crippen LogP contribution in [-0.4, -0.2) is 24.6 Å². The highest BCUT2D eigenvalue weighted by Crippen LogP contribution is 2.32. The zero-order valence-electron chi connectivity index (χ0n) is 14.4. The Labute approximate surface area is 162 Å². The predicted molar refractivity (Wildman–Crippen MR) is 109 cm³/mol. The number of aromatic nitrogens is 2. The van der Waals surface area contributed by atoms with Crippen LogP contribution >= 0.6 is 11.6 Å². The van der Waals surface area contributed by atoms with Crippen molar-refractivity contribution in [2.75, 3.05) is 6.26 Å². The van der Waals surface area contributed by atoms with Crippen LogP contribution in [0.4, 0.5) is 0 Å². The summed E-state index contributed by atoms with van der Waals surface area (Å²) in [6, 6.07) is 21.8. The molecule has 1 heterocycles. The molecule has 0 spiro atoms. The molecule has 4 nitrogen and oxygen atoms in total. The number of hydrogen-bond acceptors (Lipinski definition) is 4. The van der Waals surface area contributed by atoms with E-state index in [1.54, 1.807) is 24.3 Å². The normalized spacial score (nSPS) is 11.6. The van der Waals surface area contributed by atoms with Crippen molar-refractivity contribution >= 4 is 32.5 Å². The number of fused-ring (bicyclic) bond motifs is 1. The summed E-state index contributed by atoms with van der Waals surface area (Å²) in [5.74, 6) is 0. The molecular formula is C21H15ClN2O2S. The summed E-state index contributed by atoms with van der Waals surface area (Å²) in [6.45, 7) is 0. The molecule has 0 amide bonds. The molecule has 3 aromatic carbocycles. The van der Waals surface area contributed by atoms with Gasteiger partial charge in [-0.1, -0.05) is 48.0 Å². The molecule has 0 aliphatic rings. The van der Waals surface area contributed by atoms with E-state index in [1.807, 2.05) is 48.5 Å². The van der Waals surface area contributed by atoms with Crippen molar-refractivity contribution in [1.82, 2.24) is 9.97 Å². The molecule has 0 bridgehead atoms. The molecule has 0 atom stereocenters. The van der Waals surface area contributed by atoms with Gasteiger partial charge in [-0.15, -0.1) is 0 Å². The Bertz CT molecular complexity index is 1240. The molecule has 6 heteroatoms. The third kappa shape index (κ3) is 3.56. The number of benzene rings is 3. The third-order valence-corrected chi connectivity index (χ3v) is 5.62. The Hall–Kier alpha value is -2.76. The summed E-state index contributed by atoms with van der Waals surface area (Å²) < 4.78 is 23.5. The number of sulfone groups is 1. The summed E-state index contributed by atoms with van der Waals surface area (Å²) in [7, 11) is -3.25. The molecule has 0 aliphatic heterocycles. The summed E-state index contributed by atoms with van der Waals surface area (Å²) in [6.07, 6.45) is 1.19. The zero-order valence-corrected chi connectivity index (χ0v) is 16.0. The van der Waals surface area contributed by atoms with Crippen LogP contribution in [0.5, 0.6) is 0 Å². The molecule has 0 aliphatic carbocycles. The Morgan fingerprint density at radius 1 is 0.704 bits per heavy atom. The van der Waals surface area contributed by atoms with Crippen molar-refractivity contribution in [3.05, 3.63) is 77.8 Å². The fraction of sp³-hybridized carbons (Fsp3) is 0.0476. The van der Waals surface area contributed by atoms with E-state index < -0.39 is 9.84 Å². The second-order valence-corrected chi connectivity index (χ2v) is 8.67. The smallest absolute Gasteiger partial charge is 0.175 e. The highest BCUT2D eigenvalue weighted by atomic mass is 35.5. The maximum Gasteiger partial charge on any atom is 0.175 e. The Morgan fingerprint density at radius 3 is 1.59 bits per heavy atom. The van der Waals surface area contributed by atoms with Gasteiger partial charge in [-0.05, 0) is 36.4 Å². The minimum absolute atomic E-state index is 0.271. The maximum atomic E-state index is 11.7. The SMILES string of the molecule is CS(=O)(=O)c1ccc(-c2nc3ccccc3nc2-c2ccc(Cl)cc2)cc1. The Balaban J connectivity index is 1.95. The second kappa shape index (κ2) is 6.76. The molecule has 1 aromatic heterocycles. The van der Waals surface area contributed by atoms with Gasteiger partial charge in [0.05, 0.1) is 27.3 Å². The first kappa shape index (κ1) is 17.6. The van der Waals surface area contributed by atoms with Crippen molar-refractivity contribution in [3.63, 3.8) is 0 Å². The lowest BCUT2D eigenvalue weighted by Gasteiger charge is -2.11. The van der Waals surface area contributed by atoms with Crippen LogP contribution < -0.4 is 0 Å². The van der Waals surface area contributed by atoms with Gasteiger partial charge in [0.1, 0.15) is 0 Å². The van der Waals surface area contributed by atoms with E-state index in [2.05, 4.69) is 0 Å². The van der Waals surface area contributed by atoms with E-state index in [0.29, 0.717) is 10.7 Å². The first-order valence-corrected chi connectivity index (χ1v) is 10.5. The number of nitrogens with zero attached hydrogens (tertiary/aromatic N) is 2. The topological polar surface area (TPSA) is 59.9 Å².